The number of ether oxygens (including phenoxy) is 4. The summed E-state index contributed by atoms with van der Waals surface area (Å²) in [7, 11) is 4.92. The quantitative estimate of drug-likeness (QED) is 0.815. The number of benzene rings is 1. The minimum absolute atomic E-state index is 0.153. The number of fused-ring (bicyclic) bond motifs is 2. The largest absolute Gasteiger partial charge is 0.493 e. The van der Waals surface area contributed by atoms with Crippen molar-refractivity contribution in [2.75, 3.05) is 47.6 Å². The van der Waals surface area contributed by atoms with Crippen molar-refractivity contribution >= 4 is 5.91 Å². The second-order valence-electron chi connectivity index (χ2n) is 6.58. The first-order chi connectivity index (χ1) is 12.1. The first-order valence-corrected chi connectivity index (χ1v) is 8.79. The maximum absolute atomic E-state index is 12.2. The number of methoxy groups -OCH3 is 3. The molecular formula is C19H27NO5. The van der Waals surface area contributed by atoms with E-state index in [-0.39, 0.29) is 11.5 Å². The number of hydrogen-bond acceptors (Lipinski definition) is 5. The molecule has 2 aliphatic heterocycles. The fourth-order valence-electron chi connectivity index (χ4n) is 3.86. The van der Waals surface area contributed by atoms with Gasteiger partial charge in [0.15, 0.2) is 11.5 Å². The van der Waals surface area contributed by atoms with E-state index in [2.05, 4.69) is 12.1 Å². The Labute approximate surface area is 149 Å². The summed E-state index contributed by atoms with van der Waals surface area (Å²) in [5, 5.41) is 0. The molecule has 3 rings (SSSR count). The molecule has 2 aliphatic rings. The molecule has 0 radical (unpaired) electrons. The molecular weight excluding hydrogens is 322 g/mol. The lowest BCUT2D eigenvalue weighted by Crippen LogP contribution is -2.48. The SMILES string of the molecule is COCCC(=O)N1CCC2(CC1)OCCc1cc(OC)c(OC)cc12. The smallest absolute Gasteiger partial charge is 0.224 e. The van der Waals surface area contributed by atoms with Crippen molar-refractivity contribution in [3.05, 3.63) is 23.3 Å². The zero-order chi connectivity index (χ0) is 17.9. The van der Waals surface area contributed by atoms with E-state index in [0.29, 0.717) is 32.7 Å². The van der Waals surface area contributed by atoms with Crippen LogP contribution in [-0.4, -0.2) is 58.4 Å². The predicted molar refractivity (Wildman–Crippen MR) is 93.2 cm³/mol. The van der Waals surface area contributed by atoms with Gasteiger partial charge in [-0.2, -0.15) is 0 Å². The molecule has 1 fully saturated rings. The summed E-state index contributed by atoms with van der Waals surface area (Å²) in [6.45, 7) is 2.57. The van der Waals surface area contributed by atoms with Gasteiger partial charge in [0, 0.05) is 20.2 Å². The molecule has 25 heavy (non-hydrogen) atoms. The zero-order valence-electron chi connectivity index (χ0n) is 15.3. The molecule has 1 saturated heterocycles. The minimum atomic E-state index is -0.328. The van der Waals surface area contributed by atoms with Gasteiger partial charge in [0.2, 0.25) is 5.91 Å². The van der Waals surface area contributed by atoms with E-state index in [9.17, 15) is 4.79 Å². The summed E-state index contributed by atoms with van der Waals surface area (Å²) >= 11 is 0. The normalized spacial score (nSPS) is 18.8. The highest BCUT2D eigenvalue weighted by atomic mass is 16.5. The highest BCUT2D eigenvalue weighted by molar-refractivity contribution is 5.76. The average molecular weight is 349 g/mol. The number of rotatable bonds is 5. The van der Waals surface area contributed by atoms with Gasteiger partial charge in [0.05, 0.1) is 39.5 Å². The third kappa shape index (κ3) is 3.46. The van der Waals surface area contributed by atoms with Crippen LogP contribution in [0.2, 0.25) is 0 Å². The molecule has 1 spiro atoms. The molecule has 0 saturated carbocycles. The predicted octanol–water partition coefficient (Wildman–Crippen LogP) is 2.13. The van der Waals surface area contributed by atoms with Gasteiger partial charge in [0.1, 0.15) is 0 Å². The van der Waals surface area contributed by atoms with Gasteiger partial charge >= 0.3 is 0 Å². The van der Waals surface area contributed by atoms with E-state index in [4.69, 9.17) is 18.9 Å². The Bertz CT molecular complexity index is 622. The van der Waals surface area contributed by atoms with Crippen molar-refractivity contribution in [1.82, 2.24) is 4.90 Å². The summed E-state index contributed by atoms with van der Waals surface area (Å²) < 4.78 is 22.2. The monoisotopic (exact) mass is 349 g/mol. The van der Waals surface area contributed by atoms with Gasteiger partial charge in [-0.3, -0.25) is 4.79 Å². The lowest BCUT2D eigenvalue weighted by Gasteiger charge is -2.45. The number of hydrogen-bond donors (Lipinski definition) is 0. The van der Waals surface area contributed by atoms with E-state index in [1.807, 2.05) is 4.90 Å². The number of piperidine rings is 1. The lowest BCUT2D eigenvalue weighted by atomic mass is 9.79. The van der Waals surface area contributed by atoms with Crippen molar-refractivity contribution in [3.63, 3.8) is 0 Å². The van der Waals surface area contributed by atoms with Gasteiger partial charge in [-0.1, -0.05) is 0 Å². The molecule has 0 aromatic heterocycles. The molecule has 6 nitrogen and oxygen atoms in total. The van der Waals surface area contributed by atoms with Crippen LogP contribution in [0.1, 0.15) is 30.4 Å². The maximum Gasteiger partial charge on any atom is 0.224 e. The third-order valence-corrected chi connectivity index (χ3v) is 5.29. The van der Waals surface area contributed by atoms with Crippen molar-refractivity contribution in [1.29, 1.82) is 0 Å². The van der Waals surface area contributed by atoms with E-state index in [0.717, 1.165) is 30.8 Å². The molecule has 138 valence electrons. The summed E-state index contributed by atoms with van der Waals surface area (Å²) in [6.07, 6.45) is 2.91. The summed E-state index contributed by atoms with van der Waals surface area (Å²) in [5.74, 6) is 1.63. The number of carbonyl (C=O) groups excluding carboxylic acids is 1. The van der Waals surface area contributed by atoms with Crippen LogP contribution in [0.3, 0.4) is 0 Å². The fourth-order valence-corrected chi connectivity index (χ4v) is 3.86. The van der Waals surface area contributed by atoms with Crippen molar-refractivity contribution < 1.29 is 23.7 Å². The molecule has 0 aliphatic carbocycles. The summed E-state index contributed by atoms with van der Waals surface area (Å²) in [6, 6.07) is 4.12. The van der Waals surface area contributed by atoms with Crippen LogP contribution in [0, 0.1) is 0 Å². The Kier molecular flexibility index (Phi) is 5.49. The van der Waals surface area contributed by atoms with Crippen molar-refractivity contribution in [3.8, 4) is 11.5 Å². The zero-order valence-corrected chi connectivity index (χ0v) is 15.3. The highest BCUT2D eigenvalue weighted by Gasteiger charge is 2.42. The van der Waals surface area contributed by atoms with Crippen molar-refractivity contribution in [2.45, 2.75) is 31.3 Å². The molecule has 6 heteroatoms. The minimum Gasteiger partial charge on any atom is -0.493 e. The topological polar surface area (TPSA) is 57.2 Å². The van der Waals surface area contributed by atoms with Gasteiger partial charge < -0.3 is 23.8 Å². The Balaban J connectivity index is 1.80. The Morgan fingerprint density at radius 2 is 1.84 bits per heavy atom. The van der Waals surface area contributed by atoms with Crippen LogP contribution in [0.4, 0.5) is 0 Å². The standard InChI is InChI=1S/C19H27NO5/c1-22-10-5-18(21)20-8-6-19(7-9-20)15-13-17(24-3)16(23-2)12-14(15)4-11-25-19/h12-13H,4-11H2,1-3H3. The molecule has 0 bridgehead atoms. The Morgan fingerprint density at radius 3 is 2.48 bits per heavy atom. The van der Waals surface area contributed by atoms with Crippen LogP contribution in [0.25, 0.3) is 0 Å². The average Bonchev–Trinajstić information content (AvgIpc) is 2.66. The molecule has 1 aromatic rings. The van der Waals surface area contributed by atoms with Gasteiger partial charge in [-0.25, -0.2) is 0 Å². The molecule has 0 unspecified atom stereocenters. The Morgan fingerprint density at radius 1 is 1.16 bits per heavy atom. The van der Waals surface area contributed by atoms with Gasteiger partial charge in [-0.05, 0) is 42.5 Å². The van der Waals surface area contributed by atoms with E-state index < -0.39 is 0 Å². The van der Waals surface area contributed by atoms with E-state index in [1.165, 1.54) is 11.1 Å². The summed E-state index contributed by atoms with van der Waals surface area (Å²) in [5.41, 5.74) is 2.11. The Hall–Kier alpha value is -1.79. The third-order valence-electron chi connectivity index (χ3n) is 5.29. The first-order valence-electron chi connectivity index (χ1n) is 8.79. The van der Waals surface area contributed by atoms with Crippen LogP contribution < -0.4 is 9.47 Å². The molecule has 1 aromatic carbocycles. The maximum atomic E-state index is 12.2. The number of carbonyl (C=O) groups is 1. The molecule has 0 N–H and O–H groups in total. The second kappa shape index (κ2) is 7.62. The molecule has 1 amide bonds. The van der Waals surface area contributed by atoms with Crippen LogP contribution in [-0.2, 0) is 26.3 Å². The van der Waals surface area contributed by atoms with Crippen LogP contribution >= 0.6 is 0 Å². The second-order valence-corrected chi connectivity index (χ2v) is 6.58. The molecule has 0 atom stereocenters. The van der Waals surface area contributed by atoms with Crippen LogP contribution in [0.5, 0.6) is 11.5 Å². The number of amides is 1. The van der Waals surface area contributed by atoms with Crippen molar-refractivity contribution in [2.24, 2.45) is 0 Å². The molecule has 2 heterocycles. The lowest BCUT2D eigenvalue weighted by molar-refractivity contribution is -0.141. The first kappa shape index (κ1) is 18.0. The van der Waals surface area contributed by atoms with E-state index in [1.54, 1.807) is 21.3 Å². The fraction of sp³-hybridized carbons (Fsp3) is 0.632. The summed E-state index contributed by atoms with van der Waals surface area (Å²) in [4.78, 5) is 14.1. The number of likely N-dealkylation sites (tertiary alicyclic amines) is 1. The van der Waals surface area contributed by atoms with E-state index >= 15 is 0 Å². The van der Waals surface area contributed by atoms with Gasteiger partial charge in [0.25, 0.3) is 0 Å². The van der Waals surface area contributed by atoms with Crippen LogP contribution in [0.15, 0.2) is 12.1 Å². The van der Waals surface area contributed by atoms with Gasteiger partial charge in [-0.15, -0.1) is 0 Å². The highest BCUT2D eigenvalue weighted by Crippen LogP contribution is 2.45. The number of nitrogens with zero attached hydrogens (tertiary/aromatic N) is 1.